The van der Waals surface area contributed by atoms with Crippen LogP contribution in [0.15, 0.2) is 0 Å². The summed E-state index contributed by atoms with van der Waals surface area (Å²) in [4.78, 5) is 0. The summed E-state index contributed by atoms with van der Waals surface area (Å²) in [6.45, 7) is 6.25. The summed E-state index contributed by atoms with van der Waals surface area (Å²) in [6.07, 6.45) is 2.17. The molecule has 1 rings (SSSR count). The van der Waals surface area contributed by atoms with Gasteiger partial charge >= 0.3 is 0 Å². The number of hydrogen-bond donors (Lipinski definition) is 0. The van der Waals surface area contributed by atoms with Gasteiger partial charge in [-0.25, -0.2) is 0 Å². The van der Waals surface area contributed by atoms with Crippen molar-refractivity contribution in [1.29, 1.82) is 0 Å². The van der Waals surface area contributed by atoms with Crippen molar-refractivity contribution in [2.24, 2.45) is 5.92 Å². The fourth-order valence-corrected chi connectivity index (χ4v) is 2.20. The molecule has 0 radical (unpaired) electrons. The standard InChI is InChI=1S/C10H20O2S/c1-9(2)8-13-7-4-10-11-5-3-6-12-10/h9-10H,3-8H2,1-2H3. The van der Waals surface area contributed by atoms with Gasteiger partial charge in [0, 0.05) is 6.42 Å². The van der Waals surface area contributed by atoms with Crippen molar-refractivity contribution < 1.29 is 9.47 Å². The van der Waals surface area contributed by atoms with Gasteiger partial charge in [0.2, 0.25) is 0 Å². The van der Waals surface area contributed by atoms with Gasteiger partial charge < -0.3 is 9.47 Å². The summed E-state index contributed by atoms with van der Waals surface area (Å²) in [5.74, 6) is 3.19. The topological polar surface area (TPSA) is 18.5 Å². The van der Waals surface area contributed by atoms with Gasteiger partial charge in [-0.3, -0.25) is 0 Å². The number of thioether (sulfide) groups is 1. The summed E-state index contributed by atoms with van der Waals surface area (Å²) in [5.41, 5.74) is 0. The zero-order chi connectivity index (χ0) is 9.52. The average Bonchev–Trinajstić information content (AvgIpc) is 2.14. The SMILES string of the molecule is CC(C)CSCCC1OCCCO1. The van der Waals surface area contributed by atoms with Crippen molar-refractivity contribution >= 4 is 11.8 Å². The van der Waals surface area contributed by atoms with Gasteiger partial charge in [-0.2, -0.15) is 11.8 Å². The molecule has 0 atom stereocenters. The van der Waals surface area contributed by atoms with E-state index in [0.717, 1.165) is 37.7 Å². The van der Waals surface area contributed by atoms with Gasteiger partial charge in [0.1, 0.15) is 0 Å². The second-order valence-corrected chi connectivity index (χ2v) is 4.93. The molecule has 78 valence electrons. The molecule has 0 aromatic heterocycles. The third kappa shape index (κ3) is 5.55. The molecule has 0 amide bonds. The minimum Gasteiger partial charge on any atom is -0.353 e. The third-order valence-corrected chi connectivity index (χ3v) is 3.27. The molecule has 0 N–H and O–H groups in total. The van der Waals surface area contributed by atoms with Crippen LogP contribution in [-0.4, -0.2) is 31.0 Å². The maximum atomic E-state index is 5.45. The fraction of sp³-hybridized carbons (Fsp3) is 1.00. The maximum absolute atomic E-state index is 5.45. The lowest BCUT2D eigenvalue weighted by atomic mass is 10.3. The Morgan fingerprint density at radius 2 is 2.00 bits per heavy atom. The van der Waals surface area contributed by atoms with E-state index in [0.29, 0.717) is 0 Å². The van der Waals surface area contributed by atoms with Crippen LogP contribution in [0.4, 0.5) is 0 Å². The van der Waals surface area contributed by atoms with Gasteiger partial charge in [0.25, 0.3) is 0 Å². The lowest BCUT2D eigenvalue weighted by Gasteiger charge is -2.22. The van der Waals surface area contributed by atoms with Crippen molar-refractivity contribution in [1.82, 2.24) is 0 Å². The van der Waals surface area contributed by atoms with Gasteiger partial charge in [-0.15, -0.1) is 0 Å². The molecule has 0 aliphatic carbocycles. The fourth-order valence-electron chi connectivity index (χ4n) is 1.20. The van der Waals surface area contributed by atoms with E-state index in [-0.39, 0.29) is 6.29 Å². The van der Waals surface area contributed by atoms with Crippen LogP contribution >= 0.6 is 11.8 Å². The average molecular weight is 204 g/mol. The van der Waals surface area contributed by atoms with Crippen LogP contribution in [0.5, 0.6) is 0 Å². The Hall–Kier alpha value is 0.270. The van der Waals surface area contributed by atoms with E-state index in [2.05, 4.69) is 13.8 Å². The van der Waals surface area contributed by atoms with Gasteiger partial charge in [-0.1, -0.05) is 13.8 Å². The molecule has 1 saturated heterocycles. The quantitative estimate of drug-likeness (QED) is 0.641. The highest BCUT2D eigenvalue weighted by atomic mass is 32.2. The summed E-state index contributed by atoms with van der Waals surface area (Å²) in [6, 6.07) is 0. The van der Waals surface area contributed by atoms with Crippen LogP contribution in [-0.2, 0) is 9.47 Å². The van der Waals surface area contributed by atoms with Crippen LogP contribution in [0.1, 0.15) is 26.7 Å². The first-order valence-corrected chi connectivity index (χ1v) is 6.25. The van der Waals surface area contributed by atoms with E-state index < -0.39 is 0 Å². The van der Waals surface area contributed by atoms with Crippen LogP contribution in [0, 0.1) is 5.92 Å². The molecule has 2 nitrogen and oxygen atoms in total. The molecular formula is C10H20O2S. The van der Waals surface area contributed by atoms with Gasteiger partial charge in [0.05, 0.1) is 13.2 Å². The van der Waals surface area contributed by atoms with E-state index in [1.807, 2.05) is 11.8 Å². The molecule has 1 heterocycles. The molecule has 1 aliphatic rings. The highest BCUT2D eigenvalue weighted by Crippen LogP contribution is 2.14. The number of rotatable bonds is 5. The molecule has 0 unspecified atom stereocenters. The molecule has 1 aliphatic heterocycles. The molecule has 0 bridgehead atoms. The molecule has 0 aromatic carbocycles. The Kier molecular flexibility index (Phi) is 5.83. The van der Waals surface area contributed by atoms with Crippen molar-refractivity contribution in [2.75, 3.05) is 24.7 Å². The molecule has 0 spiro atoms. The molecule has 0 saturated carbocycles. The second kappa shape index (κ2) is 6.68. The monoisotopic (exact) mass is 204 g/mol. The van der Waals surface area contributed by atoms with Crippen LogP contribution in [0.2, 0.25) is 0 Å². The molecular weight excluding hydrogens is 184 g/mol. The highest BCUT2D eigenvalue weighted by Gasteiger charge is 2.13. The van der Waals surface area contributed by atoms with Gasteiger partial charge in [0.15, 0.2) is 6.29 Å². The van der Waals surface area contributed by atoms with E-state index in [9.17, 15) is 0 Å². The Bertz CT molecular complexity index is 122. The minimum absolute atomic E-state index is 0.0772. The Labute approximate surface area is 85.4 Å². The predicted molar refractivity (Wildman–Crippen MR) is 57.1 cm³/mol. The normalized spacial score (nSPS) is 19.6. The summed E-state index contributed by atoms with van der Waals surface area (Å²) in [7, 11) is 0. The summed E-state index contributed by atoms with van der Waals surface area (Å²) in [5, 5.41) is 0. The first-order chi connectivity index (χ1) is 6.29. The second-order valence-electron chi connectivity index (χ2n) is 3.78. The van der Waals surface area contributed by atoms with Crippen molar-refractivity contribution in [3.8, 4) is 0 Å². The first kappa shape index (κ1) is 11.3. The van der Waals surface area contributed by atoms with Crippen LogP contribution in [0.25, 0.3) is 0 Å². The Morgan fingerprint density at radius 1 is 1.31 bits per heavy atom. The Morgan fingerprint density at radius 3 is 2.62 bits per heavy atom. The van der Waals surface area contributed by atoms with Crippen molar-refractivity contribution in [2.45, 2.75) is 33.0 Å². The molecule has 13 heavy (non-hydrogen) atoms. The van der Waals surface area contributed by atoms with E-state index >= 15 is 0 Å². The number of hydrogen-bond acceptors (Lipinski definition) is 3. The lowest BCUT2D eigenvalue weighted by molar-refractivity contribution is -0.178. The first-order valence-electron chi connectivity index (χ1n) is 5.10. The maximum Gasteiger partial charge on any atom is 0.158 e. The minimum atomic E-state index is 0.0772. The smallest absolute Gasteiger partial charge is 0.158 e. The zero-order valence-electron chi connectivity index (χ0n) is 8.62. The number of ether oxygens (including phenoxy) is 2. The summed E-state index contributed by atoms with van der Waals surface area (Å²) < 4.78 is 10.9. The Balaban J connectivity index is 1.92. The lowest BCUT2D eigenvalue weighted by Crippen LogP contribution is -2.25. The molecule has 0 aromatic rings. The van der Waals surface area contributed by atoms with Crippen molar-refractivity contribution in [3.05, 3.63) is 0 Å². The zero-order valence-corrected chi connectivity index (χ0v) is 9.44. The molecule has 1 fully saturated rings. The molecule has 3 heteroatoms. The third-order valence-electron chi connectivity index (χ3n) is 1.85. The summed E-state index contributed by atoms with van der Waals surface area (Å²) >= 11 is 1.99. The highest BCUT2D eigenvalue weighted by molar-refractivity contribution is 7.99. The van der Waals surface area contributed by atoms with Crippen LogP contribution in [0.3, 0.4) is 0 Å². The van der Waals surface area contributed by atoms with E-state index in [4.69, 9.17) is 9.47 Å². The van der Waals surface area contributed by atoms with Crippen LogP contribution < -0.4 is 0 Å². The van der Waals surface area contributed by atoms with Crippen molar-refractivity contribution in [3.63, 3.8) is 0 Å². The largest absolute Gasteiger partial charge is 0.353 e. The van der Waals surface area contributed by atoms with Gasteiger partial charge in [-0.05, 0) is 23.8 Å². The van der Waals surface area contributed by atoms with E-state index in [1.54, 1.807) is 0 Å². The van der Waals surface area contributed by atoms with E-state index in [1.165, 1.54) is 5.75 Å². The predicted octanol–water partition coefficient (Wildman–Crippen LogP) is 2.53.